The molecule has 1 N–H and O–H groups in total. The molecule has 0 unspecified atom stereocenters. The van der Waals surface area contributed by atoms with Crippen LogP contribution in [0.3, 0.4) is 0 Å². The fourth-order valence-electron chi connectivity index (χ4n) is 1.39. The molecule has 0 saturated heterocycles. The van der Waals surface area contributed by atoms with Crippen LogP contribution in [-0.2, 0) is 11.3 Å². The van der Waals surface area contributed by atoms with E-state index in [-0.39, 0.29) is 0 Å². The molecule has 4 nitrogen and oxygen atoms in total. The fraction of sp³-hybridized carbons (Fsp3) is 0.364. The molecule has 0 saturated carbocycles. The quantitative estimate of drug-likeness (QED) is 0.830. The Bertz CT molecular complexity index is 513. The Morgan fingerprint density at radius 1 is 1.50 bits per heavy atom. The van der Waals surface area contributed by atoms with E-state index in [0.717, 1.165) is 12.1 Å². The lowest BCUT2D eigenvalue weighted by atomic mass is 10.3. The summed E-state index contributed by atoms with van der Waals surface area (Å²) in [5.74, 6) is 1.24. The van der Waals surface area contributed by atoms with Gasteiger partial charge in [-0.2, -0.15) is 0 Å². The van der Waals surface area contributed by atoms with E-state index in [9.17, 15) is 0 Å². The van der Waals surface area contributed by atoms with Gasteiger partial charge in [0.1, 0.15) is 4.34 Å². The van der Waals surface area contributed by atoms with Crippen LogP contribution in [0.4, 0.5) is 0 Å². The van der Waals surface area contributed by atoms with Crippen LogP contribution in [0.25, 0.3) is 11.3 Å². The summed E-state index contributed by atoms with van der Waals surface area (Å²) in [7, 11) is 1.66. The van der Waals surface area contributed by atoms with E-state index in [4.69, 9.17) is 32.4 Å². The topological polar surface area (TPSA) is 47.3 Å². The molecule has 0 radical (unpaired) electrons. The van der Waals surface area contributed by atoms with Gasteiger partial charge in [-0.05, 0) is 6.07 Å². The molecule has 18 heavy (non-hydrogen) atoms. The molecule has 0 spiro atoms. The molecule has 2 rings (SSSR count). The van der Waals surface area contributed by atoms with Gasteiger partial charge in [-0.3, -0.25) is 0 Å². The zero-order chi connectivity index (χ0) is 13.0. The first-order chi connectivity index (χ1) is 8.70. The normalized spacial score (nSPS) is 11.1. The van der Waals surface area contributed by atoms with Gasteiger partial charge >= 0.3 is 0 Å². The van der Waals surface area contributed by atoms with Gasteiger partial charge in [0.25, 0.3) is 0 Å². The third kappa shape index (κ3) is 3.46. The molecule has 0 atom stereocenters. The van der Waals surface area contributed by atoms with E-state index in [0.29, 0.717) is 33.5 Å². The highest BCUT2D eigenvalue weighted by Crippen LogP contribution is 2.38. The largest absolute Gasteiger partial charge is 0.439 e. The van der Waals surface area contributed by atoms with Crippen molar-refractivity contribution in [3.05, 3.63) is 26.8 Å². The highest BCUT2D eigenvalue weighted by atomic mass is 35.5. The van der Waals surface area contributed by atoms with Crippen molar-refractivity contribution in [3.8, 4) is 11.3 Å². The number of rotatable bonds is 6. The Hall–Kier alpha value is -0.590. The summed E-state index contributed by atoms with van der Waals surface area (Å²) in [5.41, 5.74) is 0.780. The van der Waals surface area contributed by atoms with Gasteiger partial charge in [0.2, 0.25) is 5.89 Å². The summed E-state index contributed by atoms with van der Waals surface area (Å²) in [6, 6.07) is 1.78. The van der Waals surface area contributed by atoms with E-state index in [1.807, 2.05) is 0 Å². The van der Waals surface area contributed by atoms with E-state index < -0.39 is 0 Å². The zero-order valence-electron chi connectivity index (χ0n) is 9.70. The van der Waals surface area contributed by atoms with Gasteiger partial charge in [-0.15, -0.1) is 11.3 Å². The molecule has 0 aliphatic carbocycles. The third-order valence-corrected chi connectivity index (χ3v) is 3.72. The molecular weight excluding hydrogens is 295 g/mol. The molecule has 2 heterocycles. The molecule has 2 aromatic heterocycles. The highest BCUT2D eigenvalue weighted by molar-refractivity contribution is 7.20. The molecule has 0 fully saturated rings. The van der Waals surface area contributed by atoms with Crippen molar-refractivity contribution < 1.29 is 9.15 Å². The average molecular weight is 307 g/mol. The van der Waals surface area contributed by atoms with Crippen LogP contribution in [0.1, 0.15) is 5.89 Å². The first-order valence-electron chi connectivity index (χ1n) is 5.30. The highest BCUT2D eigenvalue weighted by Gasteiger charge is 2.13. The van der Waals surface area contributed by atoms with Gasteiger partial charge in [0.15, 0.2) is 5.76 Å². The number of thiophene rings is 1. The van der Waals surface area contributed by atoms with Crippen molar-refractivity contribution in [3.63, 3.8) is 0 Å². The second kappa shape index (κ2) is 6.54. The molecule has 98 valence electrons. The summed E-state index contributed by atoms with van der Waals surface area (Å²) in [6.07, 6.45) is 1.65. The minimum atomic E-state index is 0.554. The molecule has 0 bridgehead atoms. The van der Waals surface area contributed by atoms with Gasteiger partial charge < -0.3 is 14.5 Å². The molecule has 0 aliphatic heterocycles. The second-order valence-corrected chi connectivity index (χ2v) is 5.81. The van der Waals surface area contributed by atoms with E-state index in [2.05, 4.69) is 10.3 Å². The lowest BCUT2D eigenvalue weighted by Crippen LogP contribution is -2.18. The Morgan fingerprint density at radius 3 is 3.00 bits per heavy atom. The first-order valence-corrected chi connectivity index (χ1v) is 6.87. The Labute approximate surface area is 119 Å². The van der Waals surface area contributed by atoms with Gasteiger partial charge in [0, 0.05) is 19.2 Å². The SMILES string of the molecule is COCCNCc1ncc(-c2cc(Cl)sc2Cl)o1. The monoisotopic (exact) mass is 306 g/mol. The van der Waals surface area contributed by atoms with Crippen LogP contribution in [0.2, 0.25) is 8.67 Å². The number of aromatic nitrogens is 1. The Morgan fingerprint density at radius 2 is 2.33 bits per heavy atom. The standard InChI is InChI=1S/C11H12Cl2N2O2S/c1-16-3-2-14-6-10-15-5-8(17-10)7-4-9(12)18-11(7)13/h4-5,14H,2-3,6H2,1H3. The predicted molar refractivity (Wildman–Crippen MR) is 73.4 cm³/mol. The minimum absolute atomic E-state index is 0.554. The van der Waals surface area contributed by atoms with Gasteiger partial charge in [0.05, 0.1) is 23.7 Å². The minimum Gasteiger partial charge on any atom is -0.439 e. The fourth-order valence-corrected chi connectivity index (χ4v) is 2.87. The number of nitrogens with one attached hydrogen (secondary N) is 1. The summed E-state index contributed by atoms with van der Waals surface area (Å²) in [5, 5.41) is 3.15. The lowest BCUT2D eigenvalue weighted by molar-refractivity contribution is 0.198. The van der Waals surface area contributed by atoms with Crippen molar-refractivity contribution in [2.45, 2.75) is 6.54 Å². The summed E-state index contributed by atoms with van der Waals surface area (Å²) in [6.45, 7) is 1.96. The number of halogens is 2. The maximum atomic E-state index is 6.05. The Balaban J connectivity index is 1.99. The van der Waals surface area contributed by atoms with E-state index in [1.165, 1.54) is 11.3 Å². The number of nitrogens with zero attached hydrogens (tertiary/aromatic N) is 1. The molecule has 2 aromatic rings. The van der Waals surface area contributed by atoms with Crippen LogP contribution in [0.5, 0.6) is 0 Å². The molecule has 7 heteroatoms. The number of hydrogen-bond acceptors (Lipinski definition) is 5. The van der Waals surface area contributed by atoms with Gasteiger partial charge in [-0.1, -0.05) is 23.2 Å². The number of oxazole rings is 1. The number of ether oxygens (including phenoxy) is 1. The molecule has 0 aromatic carbocycles. The number of methoxy groups -OCH3 is 1. The maximum Gasteiger partial charge on any atom is 0.208 e. The molecular formula is C11H12Cl2N2O2S. The zero-order valence-corrected chi connectivity index (χ0v) is 12.0. The molecule has 0 amide bonds. The van der Waals surface area contributed by atoms with Crippen molar-refractivity contribution >= 4 is 34.5 Å². The van der Waals surface area contributed by atoms with Crippen LogP contribution in [-0.4, -0.2) is 25.2 Å². The third-order valence-electron chi connectivity index (χ3n) is 2.23. The number of hydrogen-bond donors (Lipinski definition) is 1. The summed E-state index contributed by atoms with van der Waals surface area (Å²) < 4.78 is 11.8. The van der Waals surface area contributed by atoms with Crippen molar-refractivity contribution in [1.82, 2.24) is 10.3 Å². The van der Waals surface area contributed by atoms with E-state index in [1.54, 1.807) is 19.4 Å². The van der Waals surface area contributed by atoms with Crippen LogP contribution in [0, 0.1) is 0 Å². The smallest absolute Gasteiger partial charge is 0.208 e. The lowest BCUT2D eigenvalue weighted by Gasteiger charge is -1.99. The van der Waals surface area contributed by atoms with Crippen molar-refractivity contribution in [2.75, 3.05) is 20.3 Å². The van der Waals surface area contributed by atoms with Crippen molar-refractivity contribution in [1.29, 1.82) is 0 Å². The summed E-state index contributed by atoms with van der Waals surface area (Å²) in [4.78, 5) is 4.17. The van der Waals surface area contributed by atoms with Crippen molar-refractivity contribution in [2.24, 2.45) is 0 Å². The second-order valence-electron chi connectivity index (χ2n) is 3.53. The van der Waals surface area contributed by atoms with Crippen LogP contribution in [0.15, 0.2) is 16.7 Å². The average Bonchev–Trinajstić information content (AvgIpc) is 2.91. The first kappa shape index (κ1) is 13.8. The predicted octanol–water partition coefficient (Wildman–Crippen LogP) is 3.45. The van der Waals surface area contributed by atoms with Crippen LogP contribution >= 0.6 is 34.5 Å². The maximum absolute atomic E-state index is 6.05. The summed E-state index contributed by atoms with van der Waals surface area (Å²) >= 11 is 13.2. The molecule has 0 aliphatic rings. The van der Waals surface area contributed by atoms with Gasteiger partial charge in [-0.25, -0.2) is 4.98 Å². The Kier molecular flexibility index (Phi) is 5.03. The van der Waals surface area contributed by atoms with E-state index >= 15 is 0 Å². The van der Waals surface area contributed by atoms with Crippen LogP contribution < -0.4 is 5.32 Å².